The van der Waals surface area contributed by atoms with Gasteiger partial charge in [-0.25, -0.2) is 0 Å². The molecule has 82 valence electrons. The molecule has 2 N–H and O–H groups in total. The van der Waals surface area contributed by atoms with Gasteiger partial charge in [-0.3, -0.25) is 4.79 Å². The van der Waals surface area contributed by atoms with Crippen molar-refractivity contribution in [3.05, 3.63) is 45.9 Å². The summed E-state index contributed by atoms with van der Waals surface area (Å²) >= 11 is 1.26. The molecule has 16 heavy (non-hydrogen) atoms. The van der Waals surface area contributed by atoms with Crippen molar-refractivity contribution in [1.29, 1.82) is 0 Å². The number of hydrogen-bond acceptors (Lipinski definition) is 4. The van der Waals surface area contributed by atoms with Gasteiger partial charge >= 0.3 is 0 Å². The average Bonchev–Trinajstić information content (AvgIpc) is 2.76. The maximum atomic E-state index is 10.8. The minimum Gasteiger partial charge on any atom is -0.363 e. The molecule has 0 fully saturated rings. The first-order valence-corrected chi connectivity index (χ1v) is 5.73. The Hall–Kier alpha value is -1.75. The van der Waals surface area contributed by atoms with E-state index in [0.29, 0.717) is 0 Å². The molecule has 2 aromatic rings. The molecule has 0 saturated carbocycles. The zero-order valence-electron chi connectivity index (χ0n) is 8.59. The van der Waals surface area contributed by atoms with E-state index in [1.54, 1.807) is 0 Å². The maximum absolute atomic E-state index is 10.8. The van der Waals surface area contributed by atoms with Crippen LogP contribution in [0.1, 0.15) is 20.4 Å². The predicted molar refractivity (Wildman–Crippen MR) is 62.3 cm³/mol. The van der Waals surface area contributed by atoms with Gasteiger partial charge in [-0.15, -0.1) is 10.2 Å². The highest BCUT2D eigenvalue weighted by Gasteiger charge is 2.08. The Kier molecular flexibility index (Phi) is 3.26. The second kappa shape index (κ2) is 4.85. The highest BCUT2D eigenvalue weighted by molar-refractivity contribution is 7.13. The third-order valence-corrected chi connectivity index (χ3v) is 3.15. The Morgan fingerprint density at radius 2 is 1.94 bits per heavy atom. The smallest absolute Gasteiger partial charge is 0.279 e. The van der Waals surface area contributed by atoms with Crippen molar-refractivity contribution < 1.29 is 4.79 Å². The minimum absolute atomic E-state index is 0.281. The molecule has 0 bridgehead atoms. The summed E-state index contributed by atoms with van der Waals surface area (Å²) in [5.74, 6) is -0.511. The van der Waals surface area contributed by atoms with Crippen molar-refractivity contribution in [2.45, 2.75) is 12.8 Å². The lowest BCUT2D eigenvalue weighted by atomic mass is 10.1. The van der Waals surface area contributed by atoms with Gasteiger partial charge in [0.25, 0.3) is 5.91 Å². The summed E-state index contributed by atoms with van der Waals surface area (Å²) in [5, 5.41) is 8.77. The van der Waals surface area contributed by atoms with Crippen LogP contribution in [-0.2, 0) is 12.8 Å². The van der Waals surface area contributed by atoms with Crippen molar-refractivity contribution in [3.8, 4) is 0 Å². The van der Waals surface area contributed by atoms with Crippen molar-refractivity contribution in [2.24, 2.45) is 5.73 Å². The summed E-state index contributed by atoms with van der Waals surface area (Å²) in [6, 6.07) is 10.1. The number of aryl methyl sites for hydroxylation is 2. The van der Waals surface area contributed by atoms with Crippen molar-refractivity contribution >= 4 is 17.2 Å². The number of rotatable bonds is 4. The summed E-state index contributed by atoms with van der Waals surface area (Å²) in [4.78, 5) is 10.8. The van der Waals surface area contributed by atoms with E-state index in [-0.39, 0.29) is 5.01 Å². The van der Waals surface area contributed by atoms with Gasteiger partial charge in [0.15, 0.2) is 0 Å². The number of nitrogens with two attached hydrogens (primary N) is 1. The number of hydrogen-bond donors (Lipinski definition) is 1. The Balaban J connectivity index is 1.97. The molecule has 0 saturated heterocycles. The molecule has 1 aromatic carbocycles. The number of amides is 1. The fourth-order valence-electron chi connectivity index (χ4n) is 1.35. The minimum atomic E-state index is -0.511. The first kappa shape index (κ1) is 10.8. The lowest BCUT2D eigenvalue weighted by Gasteiger charge is -1.96. The second-order valence-corrected chi connectivity index (χ2v) is 4.41. The van der Waals surface area contributed by atoms with Gasteiger partial charge in [0.1, 0.15) is 5.01 Å². The van der Waals surface area contributed by atoms with Crippen molar-refractivity contribution in [1.82, 2.24) is 10.2 Å². The largest absolute Gasteiger partial charge is 0.363 e. The topological polar surface area (TPSA) is 68.9 Å². The molecule has 2 rings (SSSR count). The van der Waals surface area contributed by atoms with Crippen LogP contribution in [0.2, 0.25) is 0 Å². The van der Waals surface area contributed by atoms with Gasteiger partial charge in [0.2, 0.25) is 5.01 Å². The molecular formula is C11H11N3OS. The van der Waals surface area contributed by atoms with Gasteiger partial charge < -0.3 is 5.73 Å². The van der Waals surface area contributed by atoms with E-state index in [9.17, 15) is 4.79 Å². The first-order chi connectivity index (χ1) is 7.75. The monoisotopic (exact) mass is 233 g/mol. The highest BCUT2D eigenvalue weighted by Crippen LogP contribution is 2.12. The molecule has 1 amide bonds. The van der Waals surface area contributed by atoms with Gasteiger partial charge in [-0.05, 0) is 12.0 Å². The lowest BCUT2D eigenvalue weighted by molar-refractivity contribution is 0.0999. The molecule has 0 aliphatic heterocycles. The molecule has 0 spiro atoms. The van der Waals surface area contributed by atoms with E-state index < -0.39 is 5.91 Å². The highest BCUT2D eigenvalue weighted by atomic mass is 32.1. The van der Waals surface area contributed by atoms with E-state index in [0.717, 1.165) is 17.8 Å². The molecule has 0 unspecified atom stereocenters. The summed E-state index contributed by atoms with van der Waals surface area (Å²) in [6.45, 7) is 0. The Bertz CT molecular complexity index is 481. The average molecular weight is 233 g/mol. The quantitative estimate of drug-likeness (QED) is 0.868. The molecule has 1 aromatic heterocycles. The molecule has 0 atom stereocenters. The lowest BCUT2D eigenvalue weighted by Crippen LogP contribution is -2.10. The van der Waals surface area contributed by atoms with Crippen LogP contribution in [0, 0.1) is 0 Å². The van der Waals surface area contributed by atoms with E-state index >= 15 is 0 Å². The van der Waals surface area contributed by atoms with E-state index in [2.05, 4.69) is 22.3 Å². The molecule has 5 heteroatoms. The van der Waals surface area contributed by atoms with Crippen LogP contribution < -0.4 is 5.73 Å². The van der Waals surface area contributed by atoms with Crippen LogP contribution in [-0.4, -0.2) is 16.1 Å². The number of carbonyl (C=O) groups is 1. The van der Waals surface area contributed by atoms with Crippen LogP contribution >= 0.6 is 11.3 Å². The zero-order valence-corrected chi connectivity index (χ0v) is 9.41. The molecular weight excluding hydrogens is 222 g/mol. The Labute approximate surface area is 97.1 Å². The van der Waals surface area contributed by atoms with Gasteiger partial charge in [-0.2, -0.15) is 0 Å². The zero-order chi connectivity index (χ0) is 11.4. The van der Waals surface area contributed by atoms with E-state index in [1.807, 2.05) is 18.2 Å². The predicted octanol–water partition coefficient (Wildman–Crippen LogP) is 1.42. The van der Waals surface area contributed by atoms with Crippen LogP contribution in [0.5, 0.6) is 0 Å². The molecule has 0 aliphatic rings. The second-order valence-electron chi connectivity index (χ2n) is 3.35. The van der Waals surface area contributed by atoms with Crippen LogP contribution in [0.3, 0.4) is 0 Å². The summed E-state index contributed by atoms with van der Waals surface area (Å²) < 4.78 is 0. The number of aromatic nitrogens is 2. The van der Waals surface area contributed by atoms with Crippen LogP contribution in [0.25, 0.3) is 0 Å². The molecule has 0 radical (unpaired) electrons. The summed E-state index contributed by atoms with van der Waals surface area (Å²) in [7, 11) is 0. The summed E-state index contributed by atoms with van der Waals surface area (Å²) in [5.41, 5.74) is 6.35. The normalized spacial score (nSPS) is 10.2. The van der Waals surface area contributed by atoms with Gasteiger partial charge in [0, 0.05) is 6.42 Å². The molecule has 1 heterocycles. The number of carbonyl (C=O) groups excluding carboxylic acids is 1. The summed E-state index contributed by atoms with van der Waals surface area (Å²) in [6.07, 6.45) is 1.68. The van der Waals surface area contributed by atoms with Crippen molar-refractivity contribution in [2.75, 3.05) is 0 Å². The SMILES string of the molecule is NC(=O)c1nnc(CCc2ccccc2)s1. The van der Waals surface area contributed by atoms with Crippen LogP contribution in [0.4, 0.5) is 0 Å². The number of benzene rings is 1. The first-order valence-electron chi connectivity index (χ1n) is 4.92. The van der Waals surface area contributed by atoms with Crippen LogP contribution in [0.15, 0.2) is 30.3 Å². The fourth-order valence-corrected chi connectivity index (χ4v) is 2.04. The third-order valence-electron chi connectivity index (χ3n) is 2.15. The third kappa shape index (κ3) is 2.64. The fraction of sp³-hybridized carbons (Fsp3) is 0.182. The Morgan fingerprint density at radius 1 is 1.19 bits per heavy atom. The molecule has 4 nitrogen and oxygen atoms in total. The number of nitrogens with zero attached hydrogens (tertiary/aromatic N) is 2. The Morgan fingerprint density at radius 3 is 2.56 bits per heavy atom. The van der Waals surface area contributed by atoms with Gasteiger partial charge in [0.05, 0.1) is 0 Å². The molecule has 0 aliphatic carbocycles. The van der Waals surface area contributed by atoms with E-state index in [4.69, 9.17) is 5.73 Å². The standard InChI is InChI=1S/C11H11N3OS/c12-10(15)11-14-13-9(16-11)7-6-8-4-2-1-3-5-8/h1-5H,6-7H2,(H2,12,15). The van der Waals surface area contributed by atoms with Gasteiger partial charge in [-0.1, -0.05) is 41.7 Å². The number of primary amides is 1. The van der Waals surface area contributed by atoms with Crippen molar-refractivity contribution in [3.63, 3.8) is 0 Å². The van der Waals surface area contributed by atoms with E-state index in [1.165, 1.54) is 16.9 Å². The maximum Gasteiger partial charge on any atom is 0.279 e.